The number of benzene rings is 1. The Morgan fingerprint density at radius 3 is 2.53 bits per heavy atom. The van der Waals surface area contributed by atoms with Gasteiger partial charge in [-0.05, 0) is 30.7 Å². The van der Waals surface area contributed by atoms with Gasteiger partial charge in [-0.1, -0.05) is 50.8 Å². The minimum absolute atomic E-state index is 0.376. The van der Waals surface area contributed by atoms with Crippen LogP contribution < -0.4 is 4.74 Å². The van der Waals surface area contributed by atoms with Crippen molar-refractivity contribution in [1.29, 1.82) is 0 Å². The van der Waals surface area contributed by atoms with Crippen molar-refractivity contribution >= 4 is 0 Å². The molecule has 0 saturated heterocycles. The van der Waals surface area contributed by atoms with Crippen LogP contribution >= 0.6 is 0 Å². The number of rotatable bonds is 5. The van der Waals surface area contributed by atoms with Crippen LogP contribution in [-0.4, -0.2) is 12.2 Å². The molecule has 1 aromatic carbocycles. The minimum Gasteiger partial charge on any atom is -0.496 e. The van der Waals surface area contributed by atoms with Crippen LogP contribution in [0.15, 0.2) is 24.3 Å². The van der Waals surface area contributed by atoms with Gasteiger partial charge in [-0.2, -0.15) is 0 Å². The van der Waals surface area contributed by atoms with Crippen molar-refractivity contribution in [2.45, 2.75) is 51.6 Å². The Kier molecular flexibility index (Phi) is 5.26. The Labute approximate surface area is 116 Å². The normalized spacial score (nSPS) is 25.0. The van der Waals surface area contributed by atoms with Crippen LogP contribution in [0.3, 0.4) is 0 Å². The molecule has 106 valence electrons. The monoisotopic (exact) mass is 262 g/mol. The van der Waals surface area contributed by atoms with Crippen molar-refractivity contribution in [3.05, 3.63) is 29.8 Å². The summed E-state index contributed by atoms with van der Waals surface area (Å²) in [6.07, 6.45) is 7.07. The summed E-state index contributed by atoms with van der Waals surface area (Å²) in [5.41, 5.74) is 0.948. The van der Waals surface area contributed by atoms with Crippen LogP contribution in [0.2, 0.25) is 0 Å². The second kappa shape index (κ2) is 6.95. The van der Waals surface area contributed by atoms with E-state index in [0.717, 1.165) is 30.1 Å². The summed E-state index contributed by atoms with van der Waals surface area (Å²) >= 11 is 0. The van der Waals surface area contributed by atoms with Gasteiger partial charge >= 0.3 is 0 Å². The minimum atomic E-state index is -0.376. The molecule has 0 bridgehead atoms. The molecule has 1 N–H and O–H groups in total. The lowest BCUT2D eigenvalue weighted by atomic mass is 9.76. The highest BCUT2D eigenvalue weighted by Crippen LogP contribution is 2.40. The number of para-hydroxylation sites is 1. The quantitative estimate of drug-likeness (QED) is 0.855. The third-order valence-corrected chi connectivity index (χ3v) is 4.49. The molecule has 1 aromatic rings. The second-order valence-electron chi connectivity index (χ2n) is 5.76. The molecule has 1 atom stereocenters. The van der Waals surface area contributed by atoms with Crippen molar-refractivity contribution in [3.8, 4) is 5.75 Å². The molecule has 1 fully saturated rings. The summed E-state index contributed by atoms with van der Waals surface area (Å²) in [7, 11) is 1.67. The number of aliphatic hydroxyl groups is 1. The Balaban J connectivity index is 1.99. The molecule has 2 nitrogen and oxygen atoms in total. The van der Waals surface area contributed by atoms with Crippen LogP contribution in [0.4, 0.5) is 0 Å². The maximum absolute atomic E-state index is 10.6. The zero-order valence-corrected chi connectivity index (χ0v) is 12.1. The highest BCUT2D eigenvalue weighted by Gasteiger charge is 2.28. The Morgan fingerprint density at radius 1 is 1.21 bits per heavy atom. The second-order valence-corrected chi connectivity index (χ2v) is 5.76. The van der Waals surface area contributed by atoms with Crippen LogP contribution in [0.5, 0.6) is 5.75 Å². The standard InChI is InChI=1S/C17H26O2/c1-3-6-13-9-11-14(12-10-13)17(18)15-7-4-5-8-16(15)19-2/h4-5,7-8,13-14,17-18H,3,6,9-12H2,1-2H3. The third kappa shape index (κ3) is 3.50. The molecule has 1 aliphatic rings. The molecule has 0 aromatic heterocycles. The van der Waals surface area contributed by atoms with E-state index in [-0.39, 0.29) is 6.10 Å². The van der Waals surface area contributed by atoms with Gasteiger partial charge in [0.25, 0.3) is 0 Å². The van der Waals surface area contributed by atoms with Crippen molar-refractivity contribution in [3.63, 3.8) is 0 Å². The first kappa shape index (κ1) is 14.4. The first-order valence-corrected chi connectivity index (χ1v) is 7.57. The summed E-state index contributed by atoms with van der Waals surface area (Å²) in [5, 5.41) is 10.6. The van der Waals surface area contributed by atoms with E-state index in [9.17, 15) is 5.11 Å². The molecule has 1 aliphatic carbocycles. The number of methoxy groups -OCH3 is 1. The first-order valence-electron chi connectivity index (χ1n) is 7.57. The van der Waals surface area contributed by atoms with Gasteiger partial charge in [0.1, 0.15) is 5.75 Å². The molecule has 0 aliphatic heterocycles. The molecule has 1 saturated carbocycles. The number of ether oxygens (including phenoxy) is 1. The molecular weight excluding hydrogens is 236 g/mol. The summed E-state index contributed by atoms with van der Waals surface area (Å²) in [6, 6.07) is 7.85. The Hall–Kier alpha value is -1.02. The van der Waals surface area contributed by atoms with Crippen molar-refractivity contribution in [1.82, 2.24) is 0 Å². The van der Waals surface area contributed by atoms with E-state index >= 15 is 0 Å². The van der Waals surface area contributed by atoms with Crippen LogP contribution in [0.25, 0.3) is 0 Å². The molecule has 0 spiro atoms. The smallest absolute Gasteiger partial charge is 0.124 e. The van der Waals surface area contributed by atoms with Gasteiger partial charge in [0, 0.05) is 5.56 Å². The fourth-order valence-electron chi connectivity index (χ4n) is 3.37. The maximum atomic E-state index is 10.6. The van der Waals surface area contributed by atoms with E-state index < -0.39 is 0 Å². The largest absolute Gasteiger partial charge is 0.496 e. The maximum Gasteiger partial charge on any atom is 0.124 e. The topological polar surface area (TPSA) is 29.5 Å². The number of aliphatic hydroxyl groups excluding tert-OH is 1. The fraction of sp³-hybridized carbons (Fsp3) is 0.647. The van der Waals surface area contributed by atoms with E-state index in [0.29, 0.717) is 5.92 Å². The molecule has 19 heavy (non-hydrogen) atoms. The van der Waals surface area contributed by atoms with Gasteiger partial charge in [0.2, 0.25) is 0 Å². The average Bonchev–Trinajstić information content (AvgIpc) is 2.47. The summed E-state index contributed by atoms with van der Waals surface area (Å²) in [4.78, 5) is 0. The number of hydrogen-bond acceptors (Lipinski definition) is 2. The van der Waals surface area contributed by atoms with Crippen molar-refractivity contribution < 1.29 is 9.84 Å². The van der Waals surface area contributed by atoms with E-state index in [1.165, 1.54) is 25.7 Å². The Morgan fingerprint density at radius 2 is 1.89 bits per heavy atom. The first-order chi connectivity index (χ1) is 9.26. The van der Waals surface area contributed by atoms with Crippen LogP contribution in [-0.2, 0) is 0 Å². The van der Waals surface area contributed by atoms with E-state index in [4.69, 9.17) is 4.74 Å². The predicted molar refractivity (Wildman–Crippen MR) is 78.3 cm³/mol. The van der Waals surface area contributed by atoms with Gasteiger partial charge in [-0.15, -0.1) is 0 Å². The summed E-state index contributed by atoms with van der Waals surface area (Å²) in [5.74, 6) is 2.08. The summed E-state index contributed by atoms with van der Waals surface area (Å²) < 4.78 is 5.36. The van der Waals surface area contributed by atoms with E-state index in [1.807, 2.05) is 24.3 Å². The Bertz CT molecular complexity index is 381. The zero-order valence-electron chi connectivity index (χ0n) is 12.1. The lowest BCUT2D eigenvalue weighted by Crippen LogP contribution is -2.20. The van der Waals surface area contributed by atoms with E-state index in [2.05, 4.69) is 6.92 Å². The molecule has 2 heteroatoms. The van der Waals surface area contributed by atoms with Crippen LogP contribution in [0, 0.1) is 11.8 Å². The predicted octanol–water partition coefficient (Wildman–Crippen LogP) is 4.34. The lowest BCUT2D eigenvalue weighted by Gasteiger charge is -2.32. The summed E-state index contributed by atoms with van der Waals surface area (Å²) in [6.45, 7) is 2.26. The van der Waals surface area contributed by atoms with E-state index in [1.54, 1.807) is 7.11 Å². The van der Waals surface area contributed by atoms with Gasteiger partial charge in [-0.25, -0.2) is 0 Å². The van der Waals surface area contributed by atoms with Gasteiger partial charge < -0.3 is 9.84 Å². The molecule has 0 radical (unpaired) electrons. The zero-order chi connectivity index (χ0) is 13.7. The van der Waals surface area contributed by atoms with Crippen LogP contribution in [0.1, 0.15) is 57.1 Å². The SMILES string of the molecule is CCCC1CCC(C(O)c2ccccc2OC)CC1. The highest BCUT2D eigenvalue weighted by molar-refractivity contribution is 5.35. The molecule has 0 heterocycles. The highest BCUT2D eigenvalue weighted by atomic mass is 16.5. The molecule has 1 unspecified atom stereocenters. The van der Waals surface area contributed by atoms with Gasteiger partial charge in [0.15, 0.2) is 0 Å². The average molecular weight is 262 g/mol. The van der Waals surface area contributed by atoms with Gasteiger partial charge in [-0.3, -0.25) is 0 Å². The molecular formula is C17H26O2. The van der Waals surface area contributed by atoms with Crippen molar-refractivity contribution in [2.24, 2.45) is 11.8 Å². The lowest BCUT2D eigenvalue weighted by molar-refractivity contribution is 0.0702. The molecule has 2 rings (SSSR count). The van der Waals surface area contributed by atoms with Crippen molar-refractivity contribution in [2.75, 3.05) is 7.11 Å². The third-order valence-electron chi connectivity index (χ3n) is 4.49. The fourth-order valence-corrected chi connectivity index (χ4v) is 3.37. The van der Waals surface area contributed by atoms with Gasteiger partial charge in [0.05, 0.1) is 13.2 Å². The number of hydrogen-bond donors (Lipinski definition) is 1. The molecule has 0 amide bonds.